The average molecular weight is 912 g/mol. The summed E-state index contributed by atoms with van der Waals surface area (Å²) >= 11 is 0. The lowest BCUT2D eigenvalue weighted by Gasteiger charge is -2.45. The summed E-state index contributed by atoms with van der Waals surface area (Å²) in [5.41, 5.74) is 0.901. The van der Waals surface area contributed by atoms with Crippen LogP contribution in [0.15, 0.2) is 54.8 Å². The van der Waals surface area contributed by atoms with Crippen LogP contribution in [0.1, 0.15) is 92.7 Å². The Bertz CT molecular complexity index is 2130. The van der Waals surface area contributed by atoms with E-state index in [1.165, 1.54) is 13.4 Å². The molecule has 0 saturated carbocycles. The maximum atomic E-state index is 15.1. The number of amides is 1. The number of hydrogen-bond donors (Lipinski definition) is 1. The molecule has 3 fully saturated rings. The fourth-order valence-electron chi connectivity index (χ4n) is 8.40. The Hall–Kier alpha value is -3.67. The molecule has 0 bridgehead atoms. The molecule has 1 amide bonds. The van der Waals surface area contributed by atoms with Gasteiger partial charge < -0.3 is 41.7 Å². The number of nitrogens with one attached hydrogen (secondary N) is 1. The molecule has 2 aromatic heterocycles. The number of nitrogens with zero attached hydrogens (tertiary/aromatic N) is 4. The molecule has 5 heterocycles. The van der Waals surface area contributed by atoms with Gasteiger partial charge in [-0.3, -0.25) is 14.2 Å². The first-order valence-corrected chi connectivity index (χ1v) is 28.3. The molecule has 3 aliphatic heterocycles. The lowest BCUT2D eigenvalue weighted by molar-refractivity contribution is -0.172. The second kappa shape index (κ2) is 18.1. The van der Waals surface area contributed by atoms with Gasteiger partial charge in [-0.1, -0.05) is 94.4 Å². The molecule has 3 aliphatic rings. The van der Waals surface area contributed by atoms with Crippen molar-refractivity contribution in [3.8, 4) is 0 Å². The lowest BCUT2D eigenvalue weighted by atomic mass is 9.97. The van der Waals surface area contributed by atoms with Crippen molar-refractivity contribution in [2.45, 2.75) is 159 Å². The normalized spacial score (nSPS) is 27.2. The van der Waals surface area contributed by atoms with Crippen molar-refractivity contribution in [3.63, 3.8) is 0 Å². The third kappa shape index (κ3) is 8.63. The summed E-state index contributed by atoms with van der Waals surface area (Å²) < 4.78 is 55.2. The Balaban J connectivity index is 1.46. The van der Waals surface area contributed by atoms with Crippen LogP contribution in [-0.4, -0.2) is 113 Å². The van der Waals surface area contributed by atoms with Crippen LogP contribution in [0.3, 0.4) is 0 Å². The number of carbonyl (C=O) groups excluding carboxylic acids is 3. The summed E-state index contributed by atoms with van der Waals surface area (Å²) in [6, 6.07) is 8.79. The predicted octanol–water partition coefficient (Wildman–Crippen LogP) is 7.73. The van der Waals surface area contributed by atoms with E-state index in [4.69, 9.17) is 36.3 Å². The molecule has 1 N–H and O–H groups in total. The minimum Gasteiger partial charge on any atom is -0.472 e. The zero-order chi connectivity index (χ0) is 45.7. The molecule has 0 aliphatic carbocycles. The number of aromatic nitrogens is 4. The maximum absolute atomic E-state index is 15.1. The van der Waals surface area contributed by atoms with Crippen LogP contribution in [-0.2, 0) is 45.9 Å². The zero-order valence-corrected chi connectivity index (χ0v) is 41.7. The lowest BCUT2D eigenvalue weighted by Crippen LogP contribution is -2.60. The van der Waals surface area contributed by atoms with Gasteiger partial charge in [0, 0.05) is 12.7 Å². The van der Waals surface area contributed by atoms with Gasteiger partial charge in [0.1, 0.15) is 36.8 Å². The van der Waals surface area contributed by atoms with Gasteiger partial charge in [0.2, 0.25) is 11.9 Å². The highest BCUT2D eigenvalue weighted by Crippen LogP contribution is 2.50. The molecule has 6 rings (SSSR count). The van der Waals surface area contributed by atoms with Gasteiger partial charge in [-0.2, -0.15) is 0 Å². The smallest absolute Gasteiger partial charge is 0.349 e. The largest absolute Gasteiger partial charge is 0.472 e. The zero-order valence-electron chi connectivity index (χ0n) is 38.7. The first-order valence-electron chi connectivity index (χ1n) is 21.5. The van der Waals surface area contributed by atoms with Gasteiger partial charge in [-0.05, 0) is 58.5 Å². The Morgan fingerprint density at radius 3 is 2.06 bits per heavy atom. The second-order valence-corrected chi connectivity index (χ2v) is 32.7. The first kappa shape index (κ1) is 47.8. The molecule has 0 spiro atoms. The number of carbonyl (C=O) groups is 3. The standard InChI is InChI=1S/C43H65N5O11Si3/c1-24(2)61(25(3)4)57-34-32(49)29(54-37(42(51)53-13)35(34)58-62(59-61,26(5)6)27(7)8)21-30-33(56-60(14,15)43(9,10)11)36(52-12)41(55-30)48-23-46-31-38(44-22-45-39(31)48)47-40(50)28-19-17-16-18-20-28/h16-27,30,33-37,41H,1-15H3,(H,44,45,47,50)/b29-21-/t30-,33+,34-,35+,36-,37+,41-/m1/s1. The minimum absolute atomic E-state index is 0.0525. The quantitative estimate of drug-likeness (QED) is 0.106. The minimum atomic E-state index is -3.28. The average Bonchev–Trinajstić information content (AvgIpc) is 3.73. The summed E-state index contributed by atoms with van der Waals surface area (Å²) in [6.45, 7) is 27.2. The molecule has 3 aromatic rings. The Kier molecular flexibility index (Phi) is 13.9. The monoisotopic (exact) mass is 911 g/mol. The van der Waals surface area contributed by atoms with Gasteiger partial charge in [0.25, 0.3) is 5.91 Å². The molecule has 16 nitrogen and oxygen atoms in total. The van der Waals surface area contributed by atoms with Gasteiger partial charge in [0.05, 0.1) is 13.4 Å². The van der Waals surface area contributed by atoms with E-state index < -0.39 is 80.0 Å². The van der Waals surface area contributed by atoms with E-state index in [9.17, 15) is 9.59 Å². The molecule has 7 atom stereocenters. The van der Waals surface area contributed by atoms with Crippen LogP contribution in [0.4, 0.5) is 5.82 Å². The number of benzene rings is 1. The number of fused-ring (bicyclic) bond motifs is 2. The summed E-state index contributed by atoms with van der Waals surface area (Å²) in [5, 5.41) is 2.63. The van der Waals surface area contributed by atoms with Crippen LogP contribution in [0.2, 0.25) is 40.3 Å². The Morgan fingerprint density at radius 2 is 1.50 bits per heavy atom. The topological polar surface area (TPSA) is 181 Å². The molecule has 0 unspecified atom stereocenters. The summed E-state index contributed by atoms with van der Waals surface area (Å²) in [4.78, 5) is 55.6. The highest BCUT2D eigenvalue weighted by atomic mass is 28.5. The summed E-state index contributed by atoms with van der Waals surface area (Å²) in [5.74, 6) is -1.50. The molecule has 3 saturated heterocycles. The number of esters is 1. The van der Waals surface area contributed by atoms with E-state index >= 15 is 4.79 Å². The number of Topliss-reactive ketones (excluding diaryl/α,β-unsaturated/α-hetero) is 1. The van der Waals surface area contributed by atoms with Gasteiger partial charge in [0.15, 0.2) is 37.3 Å². The number of ether oxygens (including phenoxy) is 4. The maximum Gasteiger partial charge on any atom is 0.349 e. The van der Waals surface area contributed by atoms with Crippen molar-refractivity contribution < 1.29 is 50.7 Å². The molecule has 340 valence electrons. The van der Waals surface area contributed by atoms with Crippen molar-refractivity contribution >= 4 is 60.1 Å². The van der Waals surface area contributed by atoms with E-state index in [-0.39, 0.29) is 44.7 Å². The number of rotatable bonds is 12. The fourth-order valence-corrected chi connectivity index (χ4v) is 20.9. The summed E-state index contributed by atoms with van der Waals surface area (Å²) in [7, 11) is -6.23. The first-order chi connectivity index (χ1) is 29.0. The second-order valence-electron chi connectivity index (χ2n) is 19.1. The van der Waals surface area contributed by atoms with Gasteiger partial charge >= 0.3 is 23.1 Å². The predicted molar refractivity (Wildman–Crippen MR) is 239 cm³/mol. The third-order valence-electron chi connectivity index (χ3n) is 12.9. The fraction of sp³-hybridized carbons (Fsp3) is 0.628. The highest BCUT2D eigenvalue weighted by molar-refractivity contribution is 6.84. The van der Waals surface area contributed by atoms with Gasteiger partial charge in [-0.25, -0.2) is 19.7 Å². The van der Waals surface area contributed by atoms with E-state index in [1.807, 2.05) is 6.07 Å². The Labute approximate surface area is 368 Å². The molecule has 19 heteroatoms. The molecule has 62 heavy (non-hydrogen) atoms. The molecular weight excluding hydrogens is 847 g/mol. The van der Waals surface area contributed by atoms with Crippen molar-refractivity contribution in [1.82, 2.24) is 19.5 Å². The molecule has 0 radical (unpaired) electrons. The van der Waals surface area contributed by atoms with Crippen molar-refractivity contribution in [1.29, 1.82) is 0 Å². The number of anilines is 1. The van der Waals surface area contributed by atoms with Gasteiger partial charge in [-0.15, -0.1) is 0 Å². The molecule has 1 aromatic carbocycles. The van der Waals surface area contributed by atoms with Crippen molar-refractivity contribution in [2.75, 3.05) is 19.5 Å². The van der Waals surface area contributed by atoms with Crippen molar-refractivity contribution in [3.05, 3.63) is 60.4 Å². The number of imidazole rings is 1. The highest BCUT2D eigenvalue weighted by Gasteiger charge is 2.65. The van der Waals surface area contributed by atoms with Crippen LogP contribution < -0.4 is 5.32 Å². The van der Waals surface area contributed by atoms with E-state index in [2.05, 4.69) is 110 Å². The number of methoxy groups -OCH3 is 2. The van der Waals surface area contributed by atoms with E-state index in [1.54, 1.807) is 48.3 Å². The SMILES string of the molecule is COC(=O)[C@H]1O/C(=C\[C@H]2O[C@@H](n3cnc4c(NC(=O)c5ccccc5)ncnc43)[C@H](OC)[C@H]2O[Si](C)(C)C(C)(C)C)C(=O)[C@H]2O[Si](C(C)C)(C(C)C)O[Si](C(C)C)(C(C)C)O[C@H]12. The number of hydrogen-bond acceptors (Lipinski definition) is 14. The van der Waals surface area contributed by atoms with Crippen molar-refractivity contribution in [2.24, 2.45) is 0 Å². The van der Waals surface area contributed by atoms with E-state index in [0.717, 1.165) is 0 Å². The third-order valence-corrected chi connectivity index (χ3v) is 27.6. The Morgan fingerprint density at radius 1 is 0.887 bits per heavy atom. The summed E-state index contributed by atoms with van der Waals surface area (Å²) in [6.07, 6.45) is -2.67. The van der Waals surface area contributed by atoms with Crippen LogP contribution >= 0.6 is 0 Å². The van der Waals surface area contributed by atoms with E-state index in [0.29, 0.717) is 16.7 Å². The van der Waals surface area contributed by atoms with Crippen LogP contribution in [0.25, 0.3) is 11.2 Å². The van der Waals surface area contributed by atoms with Crippen LogP contribution in [0.5, 0.6) is 0 Å². The number of ketones is 1. The van der Waals surface area contributed by atoms with Crippen LogP contribution in [0, 0.1) is 0 Å². The molecular formula is C43H65N5O11Si3.